The van der Waals surface area contributed by atoms with Crippen molar-refractivity contribution in [3.05, 3.63) is 36.3 Å². The quantitative estimate of drug-likeness (QED) is 0.633. The molecule has 3 aromatic rings. The molecule has 120 valence electrons. The second-order valence-electron chi connectivity index (χ2n) is 4.90. The van der Waals surface area contributed by atoms with Crippen molar-refractivity contribution in [2.45, 2.75) is 6.10 Å². The van der Waals surface area contributed by atoms with Crippen LogP contribution < -0.4 is 14.8 Å². The topological polar surface area (TPSA) is 105 Å². The van der Waals surface area contributed by atoms with Crippen molar-refractivity contribution in [3.63, 3.8) is 0 Å². The number of aromatic nitrogens is 4. The van der Waals surface area contributed by atoms with Gasteiger partial charge in [0.25, 0.3) is 0 Å². The van der Waals surface area contributed by atoms with Gasteiger partial charge < -0.3 is 19.9 Å². The van der Waals surface area contributed by atoms with E-state index in [0.717, 1.165) is 5.39 Å². The SMILES string of the molecule is COc1cc(OC)cc(C(O)CNc2ncnc3[nH]ncc23)c1. The van der Waals surface area contributed by atoms with Gasteiger partial charge in [0.2, 0.25) is 0 Å². The van der Waals surface area contributed by atoms with Gasteiger partial charge >= 0.3 is 0 Å². The van der Waals surface area contributed by atoms with Gasteiger partial charge in [0.1, 0.15) is 23.6 Å². The largest absolute Gasteiger partial charge is 0.497 e. The van der Waals surface area contributed by atoms with Crippen LogP contribution in [0.15, 0.2) is 30.7 Å². The van der Waals surface area contributed by atoms with Gasteiger partial charge in [-0.1, -0.05) is 0 Å². The number of aliphatic hydroxyl groups excluding tert-OH is 1. The molecule has 3 rings (SSSR count). The molecule has 1 unspecified atom stereocenters. The third kappa shape index (κ3) is 3.16. The summed E-state index contributed by atoms with van der Waals surface area (Å²) in [5, 5.41) is 21.0. The highest BCUT2D eigenvalue weighted by atomic mass is 16.5. The summed E-state index contributed by atoms with van der Waals surface area (Å²) in [6.07, 6.45) is 2.32. The molecule has 0 saturated carbocycles. The molecule has 0 aliphatic rings. The lowest BCUT2D eigenvalue weighted by atomic mass is 10.1. The van der Waals surface area contributed by atoms with Crippen LogP contribution in [0, 0.1) is 0 Å². The summed E-state index contributed by atoms with van der Waals surface area (Å²) in [5.41, 5.74) is 1.33. The normalized spacial score (nSPS) is 12.1. The molecule has 0 bridgehead atoms. The number of ether oxygens (including phenoxy) is 2. The number of hydrogen-bond acceptors (Lipinski definition) is 7. The number of benzene rings is 1. The van der Waals surface area contributed by atoms with Crippen LogP contribution in [0.3, 0.4) is 0 Å². The summed E-state index contributed by atoms with van der Waals surface area (Å²) in [5.74, 6) is 1.85. The van der Waals surface area contributed by atoms with E-state index in [-0.39, 0.29) is 6.54 Å². The van der Waals surface area contributed by atoms with E-state index in [1.807, 2.05) is 0 Å². The average Bonchev–Trinajstić information content (AvgIpc) is 3.08. The minimum absolute atomic E-state index is 0.271. The van der Waals surface area contributed by atoms with Crippen LogP contribution in [0.5, 0.6) is 11.5 Å². The molecule has 3 N–H and O–H groups in total. The zero-order valence-corrected chi connectivity index (χ0v) is 12.8. The molecule has 0 saturated heterocycles. The number of anilines is 1. The Bertz CT molecular complexity index is 782. The van der Waals surface area contributed by atoms with Gasteiger partial charge in [-0.15, -0.1) is 0 Å². The number of fused-ring (bicyclic) bond motifs is 1. The van der Waals surface area contributed by atoms with E-state index >= 15 is 0 Å². The first-order valence-corrected chi connectivity index (χ1v) is 7.00. The molecule has 0 radical (unpaired) electrons. The molecule has 0 fully saturated rings. The number of hydrogen-bond donors (Lipinski definition) is 3. The van der Waals surface area contributed by atoms with E-state index in [1.54, 1.807) is 38.6 Å². The van der Waals surface area contributed by atoms with Crippen molar-refractivity contribution >= 4 is 16.9 Å². The monoisotopic (exact) mass is 315 g/mol. The highest BCUT2D eigenvalue weighted by Gasteiger charge is 2.13. The summed E-state index contributed by atoms with van der Waals surface area (Å²) in [7, 11) is 3.14. The lowest BCUT2D eigenvalue weighted by Crippen LogP contribution is -2.13. The second kappa shape index (κ2) is 6.49. The first-order chi connectivity index (χ1) is 11.2. The average molecular weight is 315 g/mol. The van der Waals surface area contributed by atoms with Crippen LogP contribution in [-0.4, -0.2) is 46.0 Å². The van der Waals surface area contributed by atoms with Crippen molar-refractivity contribution in [2.24, 2.45) is 0 Å². The standard InChI is InChI=1S/C15H17N5O3/c1-22-10-3-9(4-11(5-10)23-2)13(21)7-16-14-12-6-19-20-15(12)18-8-17-14/h3-6,8,13,21H,7H2,1-2H3,(H2,16,17,18,19,20). The zero-order chi connectivity index (χ0) is 16.2. The maximum absolute atomic E-state index is 10.4. The first-order valence-electron chi connectivity index (χ1n) is 7.00. The van der Waals surface area contributed by atoms with Gasteiger partial charge in [0.05, 0.1) is 31.9 Å². The van der Waals surface area contributed by atoms with Gasteiger partial charge in [0.15, 0.2) is 5.65 Å². The summed E-state index contributed by atoms with van der Waals surface area (Å²) < 4.78 is 10.4. The first kappa shape index (κ1) is 15.0. The molecule has 1 atom stereocenters. The Hall–Kier alpha value is -2.87. The van der Waals surface area contributed by atoms with Gasteiger partial charge in [0, 0.05) is 12.6 Å². The fraction of sp³-hybridized carbons (Fsp3) is 0.267. The van der Waals surface area contributed by atoms with Gasteiger partial charge in [-0.2, -0.15) is 5.10 Å². The Morgan fingerprint density at radius 3 is 2.61 bits per heavy atom. The third-order valence-corrected chi connectivity index (χ3v) is 3.47. The Labute approximate surface area is 132 Å². The van der Waals surface area contributed by atoms with Crippen molar-refractivity contribution in [1.29, 1.82) is 0 Å². The van der Waals surface area contributed by atoms with Crippen LogP contribution in [0.1, 0.15) is 11.7 Å². The summed E-state index contributed by atoms with van der Waals surface area (Å²) in [6.45, 7) is 0.271. The van der Waals surface area contributed by atoms with E-state index in [2.05, 4.69) is 25.5 Å². The summed E-state index contributed by atoms with van der Waals surface area (Å²) >= 11 is 0. The van der Waals surface area contributed by atoms with Crippen molar-refractivity contribution < 1.29 is 14.6 Å². The maximum atomic E-state index is 10.4. The fourth-order valence-corrected chi connectivity index (χ4v) is 2.24. The summed E-state index contributed by atoms with van der Waals surface area (Å²) in [4.78, 5) is 8.24. The Kier molecular flexibility index (Phi) is 4.24. The van der Waals surface area contributed by atoms with Crippen LogP contribution in [-0.2, 0) is 0 Å². The molecular weight excluding hydrogens is 298 g/mol. The predicted octanol–water partition coefficient (Wildman–Crippen LogP) is 1.52. The number of nitrogens with zero attached hydrogens (tertiary/aromatic N) is 3. The lowest BCUT2D eigenvalue weighted by molar-refractivity contribution is 0.190. The minimum atomic E-state index is -0.754. The summed E-state index contributed by atoms with van der Waals surface area (Å²) in [6, 6.07) is 5.29. The highest BCUT2D eigenvalue weighted by Crippen LogP contribution is 2.27. The predicted molar refractivity (Wildman–Crippen MR) is 84.7 cm³/mol. The van der Waals surface area contributed by atoms with Gasteiger partial charge in [-0.25, -0.2) is 9.97 Å². The van der Waals surface area contributed by atoms with E-state index in [1.165, 1.54) is 6.33 Å². The number of H-pyrrole nitrogens is 1. The number of aliphatic hydroxyl groups is 1. The van der Waals surface area contributed by atoms with E-state index in [9.17, 15) is 5.11 Å². The fourth-order valence-electron chi connectivity index (χ4n) is 2.24. The maximum Gasteiger partial charge on any atom is 0.160 e. The smallest absolute Gasteiger partial charge is 0.160 e. The number of rotatable bonds is 6. The minimum Gasteiger partial charge on any atom is -0.497 e. The molecular formula is C15H17N5O3. The van der Waals surface area contributed by atoms with Crippen LogP contribution in [0.2, 0.25) is 0 Å². The Morgan fingerprint density at radius 2 is 1.91 bits per heavy atom. The van der Waals surface area contributed by atoms with Crippen molar-refractivity contribution in [1.82, 2.24) is 20.2 Å². The van der Waals surface area contributed by atoms with Crippen LogP contribution >= 0.6 is 0 Å². The van der Waals surface area contributed by atoms with E-state index < -0.39 is 6.10 Å². The van der Waals surface area contributed by atoms with Crippen LogP contribution in [0.4, 0.5) is 5.82 Å². The molecule has 0 aliphatic heterocycles. The number of aromatic amines is 1. The highest BCUT2D eigenvalue weighted by molar-refractivity contribution is 5.85. The third-order valence-electron chi connectivity index (χ3n) is 3.47. The lowest BCUT2D eigenvalue weighted by Gasteiger charge is -2.15. The number of methoxy groups -OCH3 is 2. The Morgan fingerprint density at radius 1 is 1.17 bits per heavy atom. The molecule has 0 spiro atoms. The van der Waals surface area contributed by atoms with E-state index in [4.69, 9.17) is 9.47 Å². The van der Waals surface area contributed by atoms with Crippen LogP contribution in [0.25, 0.3) is 11.0 Å². The van der Waals surface area contributed by atoms with Crippen molar-refractivity contribution in [2.75, 3.05) is 26.1 Å². The molecule has 0 amide bonds. The molecule has 0 aliphatic carbocycles. The molecule has 2 aromatic heterocycles. The second-order valence-corrected chi connectivity index (χ2v) is 4.90. The molecule has 1 aromatic carbocycles. The Balaban J connectivity index is 1.77. The molecule has 23 heavy (non-hydrogen) atoms. The zero-order valence-electron chi connectivity index (χ0n) is 12.8. The number of nitrogens with one attached hydrogen (secondary N) is 2. The molecule has 8 nitrogen and oxygen atoms in total. The van der Waals surface area contributed by atoms with Gasteiger partial charge in [-0.05, 0) is 17.7 Å². The van der Waals surface area contributed by atoms with Gasteiger partial charge in [-0.3, -0.25) is 5.10 Å². The van der Waals surface area contributed by atoms with Crippen molar-refractivity contribution in [3.8, 4) is 11.5 Å². The molecule has 8 heteroatoms. The van der Waals surface area contributed by atoms with E-state index in [0.29, 0.717) is 28.5 Å². The molecule has 2 heterocycles.